The zero-order chi connectivity index (χ0) is 18.6. The highest BCUT2D eigenvalue weighted by Crippen LogP contribution is 2.34. The summed E-state index contributed by atoms with van der Waals surface area (Å²) in [6.07, 6.45) is 4.60. The number of hydrogen-bond acceptors (Lipinski definition) is 7. The maximum atomic E-state index is 13.1. The van der Waals surface area contributed by atoms with E-state index < -0.39 is 0 Å². The van der Waals surface area contributed by atoms with Gasteiger partial charge in [-0.2, -0.15) is 4.98 Å². The van der Waals surface area contributed by atoms with Gasteiger partial charge in [0.25, 0.3) is 5.91 Å². The average Bonchev–Trinajstić information content (AvgIpc) is 2.73. The smallest absolute Gasteiger partial charge is 0.257 e. The Labute approximate surface area is 157 Å². The monoisotopic (exact) mass is 371 g/mol. The van der Waals surface area contributed by atoms with Crippen molar-refractivity contribution in [2.75, 3.05) is 33.4 Å². The topological polar surface area (TPSA) is 83.0 Å². The highest BCUT2D eigenvalue weighted by atomic mass is 16.6. The summed E-state index contributed by atoms with van der Waals surface area (Å²) in [5, 5.41) is 0. The highest BCUT2D eigenvalue weighted by molar-refractivity contribution is 5.98. The number of ether oxygens (including phenoxy) is 4. The van der Waals surface area contributed by atoms with Crippen LogP contribution >= 0.6 is 0 Å². The molecular weight excluding hydrogens is 350 g/mol. The molecule has 1 amide bonds. The molecule has 0 N–H and O–H groups in total. The number of nitrogens with zero attached hydrogens (tertiary/aromatic N) is 3. The average molecular weight is 371 g/mol. The fraction of sp³-hybridized carbons (Fsp3) is 0.421. The van der Waals surface area contributed by atoms with Crippen molar-refractivity contribution in [2.45, 2.75) is 18.9 Å². The normalized spacial score (nSPS) is 18.7. The second-order valence-corrected chi connectivity index (χ2v) is 6.36. The largest absolute Gasteiger partial charge is 0.486 e. The van der Waals surface area contributed by atoms with Gasteiger partial charge in [0.15, 0.2) is 11.5 Å². The Morgan fingerprint density at radius 2 is 2.07 bits per heavy atom. The van der Waals surface area contributed by atoms with Gasteiger partial charge in [-0.15, -0.1) is 0 Å². The lowest BCUT2D eigenvalue weighted by molar-refractivity contribution is 0.0518. The van der Waals surface area contributed by atoms with Crippen LogP contribution in [0.4, 0.5) is 0 Å². The summed E-state index contributed by atoms with van der Waals surface area (Å²) in [6.45, 7) is 2.08. The summed E-state index contributed by atoms with van der Waals surface area (Å²) in [7, 11) is 1.53. The predicted octanol–water partition coefficient (Wildman–Crippen LogP) is 1.94. The van der Waals surface area contributed by atoms with E-state index in [1.54, 1.807) is 17.2 Å². The van der Waals surface area contributed by atoms with E-state index in [0.717, 1.165) is 12.8 Å². The molecule has 1 fully saturated rings. The summed E-state index contributed by atoms with van der Waals surface area (Å²) >= 11 is 0. The third-order valence-electron chi connectivity index (χ3n) is 4.55. The van der Waals surface area contributed by atoms with E-state index in [2.05, 4.69) is 9.97 Å². The minimum Gasteiger partial charge on any atom is -0.486 e. The number of fused-ring (bicyclic) bond motifs is 1. The van der Waals surface area contributed by atoms with Gasteiger partial charge in [-0.05, 0) is 25.0 Å². The van der Waals surface area contributed by atoms with Gasteiger partial charge in [-0.1, -0.05) is 6.07 Å². The van der Waals surface area contributed by atoms with Crippen molar-refractivity contribution in [3.05, 3.63) is 36.2 Å². The molecule has 0 unspecified atom stereocenters. The van der Waals surface area contributed by atoms with Gasteiger partial charge in [-0.25, -0.2) is 0 Å². The standard InChI is InChI=1S/C19H21N3O5/c1-24-16-10-20-11-17(21-16)27-13-4-3-7-22(12-13)19(23)14-5-2-6-15-18(14)26-9-8-25-15/h2,5-6,10-11,13H,3-4,7-9,12H2,1H3/t13-/m1/s1. The molecule has 2 aromatic rings. The lowest BCUT2D eigenvalue weighted by Gasteiger charge is -2.33. The molecule has 27 heavy (non-hydrogen) atoms. The van der Waals surface area contributed by atoms with E-state index in [4.69, 9.17) is 18.9 Å². The van der Waals surface area contributed by atoms with Crippen molar-refractivity contribution in [3.8, 4) is 23.3 Å². The minimum absolute atomic E-state index is 0.0811. The van der Waals surface area contributed by atoms with Crippen LogP contribution in [0.15, 0.2) is 30.6 Å². The first kappa shape index (κ1) is 17.4. The van der Waals surface area contributed by atoms with E-state index >= 15 is 0 Å². The van der Waals surface area contributed by atoms with Gasteiger partial charge in [-0.3, -0.25) is 9.78 Å². The Morgan fingerprint density at radius 3 is 2.96 bits per heavy atom. The summed E-state index contributed by atoms with van der Waals surface area (Å²) in [4.78, 5) is 23.1. The van der Waals surface area contributed by atoms with Gasteiger partial charge >= 0.3 is 0 Å². The Hall–Kier alpha value is -3.03. The number of amides is 1. The Kier molecular flexibility index (Phi) is 4.95. The number of aromatic nitrogens is 2. The summed E-state index contributed by atoms with van der Waals surface area (Å²) < 4.78 is 22.2. The number of likely N-dealkylation sites (tertiary alicyclic amines) is 1. The molecule has 1 aromatic heterocycles. The van der Waals surface area contributed by atoms with Crippen LogP contribution in [0.2, 0.25) is 0 Å². The summed E-state index contributed by atoms with van der Waals surface area (Å²) in [6, 6.07) is 5.40. The molecular formula is C19H21N3O5. The third-order valence-corrected chi connectivity index (χ3v) is 4.55. The molecule has 1 saturated heterocycles. The fourth-order valence-corrected chi connectivity index (χ4v) is 3.29. The van der Waals surface area contributed by atoms with Crippen LogP contribution in [0.1, 0.15) is 23.2 Å². The Morgan fingerprint density at radius 1 is 1.22 bits per heavy atom. The first-order valence-corrected chi connectivity index (χ1v) is 8.95. The number of carbonyl (C=O) groups is 1. The van der Waals surface area contributed by atoms with Crippen LogP contribution < -0.4 is 18.9 Å². The van der Waals surface area contributed by atoms with Crippen molar-refractivity contribution in [1.82, 2.24) is 14.9 Å². The van der Waals surface area contributed by atoms with Crippen molar-refractivity contribution in [3.63, 3.8) is 0 Å². The number of methoxy groups -OCH3 is 1. The number of rotatable bonds is 4. The molecule has 1 atom stereocenters. The molecule has 0 radical (unpaired) electrons. The van der Waals surface area contributed by atoms with Gasteiger partial charge in [0.1, 0.15) is 19.3 Å². The van der Waals surface area contributed by atoms with Gasteiger partial charge in [0.2, 0.25) is 11.8 Å². The van der Waals surface area contributed by atoms with E-state index in [1.165, 1.54) is 13.3 Å². The molecule has 0 aliphatic carbocycles. The van der Waals surface area contributed by atoms with Crippen LogP contribution in [-0.2, 0) is 0 Å². The van der Waals surface area contributed by atoms with Crippen molar-refractivity contribution >= 4 is 5.91 Å². The molecule has 8 nitrogen and oxygen atoms in total. The molecule has 1 aromatic carbocycles. The molecule has 0 spiro atoms. The maximum Gasteiger partial charge on any atom is 0.257 e. The van der Waals surface area contributed by atoms with Crippen molar-refractivity contribution < 1.29 is 23.7 Å². The lowest BCUT2D eigenvalue weighted by Crippen LogP contribution is -2.44. The number of para-hydroxylation sites is 1. The number of piperidine rings is 1. The van der Waals surface area contributed by atoms with E-state index in [1.807, 2.05) is 12.1 Å². The molecule has 8 heteroatoms. The number of hydrogen-bond donors (Lipinski definition) is 0. The van der Waals surface area contributed by atoms with Gasteiger partial charge in [0.05, 0.1) is 31.6 Å². The van der Waals surface area contributed by atoms with E-state index in [0.29, 0.717) is 55.1 Å². The second kappa shape index (κ2) is 7.69. The van der Waals surface area contributed by atoms with E-state index in [-0.39, 0.29) is 12.0 Å². The Balaban J connectivity index is 1.47. The van der Waals surface area contributed by atoms with Crippen LogP contribution in [0, 0.1) is 0 Å². The van der Waals surface area contributed by atoms with Crippen LogP contribution in [-0.4, -0.2) is 60.3 Å². The molecule has 142 valence electrons. The van der Waals surface area contributed by atoms with Crippen molar-refractivity contribution in [2.24, 2.45) is 0 Å². The third kappa shape index (κ3) is 3.74. The minimum atomic E-state index is -0.152. The van der Waals surface area contributed by atoms with Crippen LogP contribution in [0.3, 0.4) is 0 Å². The molecule has 2 aliphatic rings. The SMILES string of the molecule is COc1cncc(O[C@@H]2CCCN(C(=O)c3cccc4c3OCCO4)C2)n1. The number of benzene rings is 1. The Bertz CT molecular complexity index is 829. The highest BCUT2D eigenvalue weighted by Gasteiger charge is 2.29. The first-order valence-electron chi connectivity index (χ1n) is 8.95. The molecule has 0 saturated carbocycles. The fourth-order valence-electron chi connectivity index (χ4n) is 3.29. The van der Waals surface area contributed by atoms with Crippen LogP contribution in [0.5, 0.6) is 23.3 Å². The zero-order valence-electron chi connectivity index (χ0n) is 15.1. The van der Waals surface area contributed by atoms with Crippen LogP contribution in [0.25, 0.3) is 0 Å². The molecule has 4 rings (SSSR count). The first-order chi connectivity index (χ1) is 13.2. The summed E-state index contributed by atoms with van der Waals surface area (Å²) in [5.74, 6) is 1.84. The lowest BCUT2D eigenvalue weighted by atomic mass is 10.1. The molecule has 2 aliphatic heterocycles. The molecule has 0 bridgehead atoms. The summed E-state index contributed by atoms with van der Waals surface area (Å²) in [5.41, 5.74) is 0.522. The van der Waals surface area contributed by atoms with E-state index in [9.17, 15) is 4.79 Å². The van der Waals surface area contributed by atoms with Crippen molar-refractivity contribution in [1.29, 1.82) is 0 Å². The van der Waals surface area contributed by atoms with Gasteiger partial charge in [0, 0.05) is 6.54 Å². The molecule has 3 heterocycles. The second-order valence-electron chi connectivity index (χ2n) is 6.36. The zero-order valence-corrected chi connectivity index (χ0v) is 15.1. The number of carbonyl (C=O) groups excluding carboxylic acids is 1. The maximum absolute atomic E-state index is 13.1. The quantitative estimate of drug-likeness (QED) is 0.812. The predicted molar refractivity (Wildman–Crippen MR) is 95.6 cm³/mol. The van der Waals surface area contributed by atoms with Gasteiger partial charge < -0.3 is 23.8 Å².